The molecule has 2 N–H and O–H groups in total. The van der Waals surface area contributed by atoms with Crippen LogP contribution in [0.25, 0.3) is 11.3 Å². The lowest BCUT2D eigenvalue weighted by Gasteiger charge is -2.24. The van der Waals surface area contributed by atoms with E-state index < -0.39 is 11.9 Å². The first-order chi connectivity index (χ1) is 15.2. The number of nitrogens with two attached hydrogens (primary N) is 1. The van der Waals surface area contributed by atoms with E-state index in [-0.39, 0.29) is 35.9 Å². The van der Waals surface area contributed by atoms with Crippen LogP contribution in [0.4, 0.5) is 10.2 Å². The van der Waals surface area contributed by atoms with Crippen molar-refractivity contribution in [2.24, 2.45) is 0 Å². The Morgan fingerprint density at radius 3 is 2.81 bits per heavy atom. The van der Waals surface area contributed by atoms with Crippen LogP contribution in [-0.4, -0.2) is 37.6 Å². The van der Waals surface area contributed by atoms with E-state index in [1.807, 2.05) is 13.8 Å². The summed E-state index contributed by atoms with van der Waals surface area (Å²) in [6, 6.07) is 5.95. The molecule has 1 atom stereocenters. The van der Waals surface area contributed by atoms with Gasteiger partial charge in [0.05, 0.1) is 29.7 Å². The minimum atomic E-state index is -0.738. The first-order valence-electron chi connectivity index (χ1n) is 10.1. The smallest absolute Gasteiger partial charge is 0.258 e. The standard InChI is InChI=1S/C22H22FN7O2/c1-11(2)30-18-10-29(4)22(31)14-6-5-13(23)7-15(14)12(3)32-21-20(25)26-9-17(27-21)19(18)16(8-24)28-30/h5-7,9,11-12H,10H2,1-4H3,(H2,25,26)/t12-/m1/s1. The number of hydrogen-bond donors (Lipinski definition) is 1. The number of nitrogen functional groups attached to an aromatic ring is 1. The molecule has 3 aromatic rings. The maximum atomic E-state index is 14.1. The summed E-state index contributed by atoms with van der Waals surface area (Å²) in [6.07, 6.45) is 0.706. The fourth-order valence-electron chi connectivity index (χ4n) is 3.78. The molecule has 32 heavy (non-hydrogen) atoms. The molecule has 0 unspecified atom stereocenters. The SMILES string of the molecule is CC(C)n1nc(C#N)c2c1CN(C)C(=O)c1ccc(F)cc1[C@@H](C)Oc1nc-2cnc1N. The molecular formula is C22H22FN7O2. The first kappa shape index (κ1) is 21.2. The van der Waals surface area contributed by atoms with Crippen molar-refractivity contribution in [1.82, 2.24) is 24.6 Å². The number of nitriles is 1. The second-order valence-electron chi connectivity index (χ2n) is 7.92. The van der Waals surface area contributed by atoms with E-state index in [0.29, 0.717) is 28.1 Å². The minimum absolute atomic E-state index is 0.0266. The summed E-state index contributed by atoms with van der Waals surface area (Å²) in [5.41, 5.74) is 8.24. The zero-order valence-electron chi connectivity index (χ0n) is 18.1. The van der Waals surface area contributed by atoms with Gasteiger partial charge in [-0.05, 0) is 39.0 Å². The van der Waals surface area contributed by atoms with Crippen molar-refractivity contribution in [3.63, 3.8) is 0 Å². The van der Waals surface area contributed by atoms with Crippen molar-refractivity contribution in [3.05, 3.63) is 52.7 Å². The van der Waals surface area contributed by atoms with Crippen LogP contribution in [0.3, 0.4) is 0 Å². The quantitative estimate of drug-likeness (QED) is 0.622. The molecule has 1 amide bonds. The fraction of sp³-hybridized carbons (Fsp3) is 0.318. The van der Waals surface area contributed by atoms with Crippen molar-refractivity contribution in [2.45, 2.75) is 39.5 Å². The molecule has 0 saturated heterocycles. The summed E-state index contributed by atoms with van der Waals surface area (Å²) < 4.78 is 21.7. The normalized spacial score (nSPS) is 15.8. The second-order valence-corrected chi connectivity index (χ2v) is 7.92. The van der Waals surface area contributed by atoms with Gasteiger partial charge in [0.2, 0.25) is 0 Å². The predicted octanol–water partition coefficient (Wildman–Crippen LogP) is 3.24. The molecule has 164 valence electrons. The lowest BCUT2D eigenvalue weighted by atomic mass is 10.0. The highest BCUT2D eigenvalue weighted by Crippen LogP contribution is 2.34. The number of nitrogens with zero attached hydrogens (tertiary/aromatic N) is 6. The maximum absolute atomic E-state index is 14.1. The lowest BCUT2D eigenvalue weighted by molar-refractivity contribution is 0.0775. The third kappa shape index (κ3) is 3.51. The summed E-state index contributed by atoms with van der Waals surface area (Å²) in [4.78, 5) is 23.5. The first-order valence-corrected chi connectivity index (χ1v) is 10.1. The van der Waals surface area contributed by atoms with E-state index in [9.17, 15) is 14.4 Å². The van der Waals surface area contributed by atoms with Gasteiger partial charge >= 0.3 is 0 Å². The van der Waals surface area contributed by atoms with Crippen LogP contribution in [0, 0.1) is 17.1 Å². The van der Waals surface area contributed by atoms with Crippen LogP contribution in [0.1, 0.15) is 60.2 Å². The molecule has 0 spiro atoms. The van der Waals surface area contributed by atoms with Gasteiger partial charge in [0.25, 0.3) is 11.8 Å². The topological polar surface area (TPSA) is 123 Å². The molecule has 3 heterocycles. The summed E-state index contributed by atoms with van der Waals surface area (Å²) in [5, 5.41) is 14.2. The van der Waals surface area contributed by atoms with Gasteiger partial charge in [0, 0.05) is 24.2 Å². The van der Waals surface area contributed by atoms with E-state index in [2.05, 4.69) is 21.1 Å². The Morgan fingerprint density at radius 2 is 2.12 bits per heavy atom. The number of rotatable bonds is 1. The molecule has 0 fully saturated rings. The number of carbonyl (C=O) groups is 1. The number of ether oxygens (including phenoxy) is 1. The van der Waals surface area contributed by atoms with E-state index in [1.54, 1.807) is 18.7 Å². The van der Waals surface area contributed by atoms with Gasteiger partial charge in [0.1, 0.15) is 18.0 Å². The van der Waals surface area contributed by atoms with E-state index in [1.165, 1.54) is 29.3 Å². The highest BCUT2D eigenvalue weighted by atomic mass is 19.1. The highest BCUT2D eigenvalue weighted by molar-refractivity contribution is 5.95. The van der Waals surface area contributed by atoms with Crippen molar-refractivity contribution in [1.29, 1.82) is 5.26 Å². The van der Waals surface area contributed by atoms with Gasteiger partial charge in [-0.25, -0.2) is 14.4 Å². The summed E-state index contributed by atoms with van der Waals surface area (Å²) >= 11 is 0. The van der Waals surface area contributed by atoms with Crippen molar-refractivity contribution >= 4 is 11.7 Å². The van der Waals surface area contributed by atoms with Crippen LogP contribution in [0.15, 0.2) is 24.4 Å². The molecule has 2 aromatic heterocycles. The van der Waals surface area contributed by atoms with Crippen LogP contribution in [0.2, 0.25) is 0 Å². The number of hydrogen-bond acceptors (Lipinski definition) is 7. The number of amides is 1. The summed E-state index contributed by atoms with van der Waals surface area (Å²) in [7, 11) is 1.64. The molecule has 1 aliphatic rings. The molecule has 1 aromatic carbocycles. The zero-order chi connectivity index (χ0) is 23.2. The Bertz CT molecular complexity index is 1260. The lowest BCUT2D eigenvalue weighted by Crippen LogP contribution is -2.30. The Morgan fingerprint density at radius 1 is 1.38 bits per heavy atom. The number of fused-ring (bicyclic) bond motifs is 5. The minimum Gasteiger partial charge on any atom is -0.467 e. The summed E-state index contributed by atoms with van der Waals surface area (Å²) in [5.74, 6) is -0.748. The monoisotopic (exact) mass is 435 g/mol. The van der Waals surface area contributed by atoms with Crippen LogP contribution < -0.4 is 10.5 Å². The van der Waals surface area contributed by atoms with Crippen LogP contribution in [-0.2, 0) is 6.54 Å². The van der Waals surface area contributed by atoms with Crippen molar-refractivity contribution in [3.8, 4) is 23.2 Å². The molecule has 4 rings (SSSR count). The molecular weight excluding hydrogens is 413 g/mol. The predicted molar refractivity (Wildman–Crippen MR) is 114 cm³/mol. The molecule has 10 heteroatoms. The van der Waals surface area contributed by atoms with Gasteiger partial charge < -0.3 is 15.4 Å². The van der Waals surface area contributed by atoms with Gasteiger partial charge in [-0.15, -0.1) is 0 Å². The van der Waals surface area contributed by atoms with Gasteiger partial charge in [0.15, 0.2) is 11.5 Å². The highest BCUT2D eigenvalue weighted by Gasteiger charge is 2.28. The Kier molecular flexibility index (Phi) is 5.26. The second kappa shape index (κ2) is 7.92. The van der Waals surface area contributed by atoms with Gasteiger partial charge in [-0.2, -0.15) is 10.4 Å². The number of benzene rings is 1. The van der Waals surface area contributed by atoms with E-state index in [4.69, 9.17) is 10.5 Å². The average Bonchev–Trinajstić information content (AvgIpc) is 3.12. The third-order valence-electron chi connectivity index (χ3n) is 5.33. The Balaban J connectivity index is 2.01. The van der Waals surface area contributed by atoms with Crippen molar-refractivity contribution < 1.29 is 13.9 Å². The van der Waals surface area contributed by atoms with Crippen LogP contribution in [0.5, 0.6) is 5.88 Å². The van der Waals surface area contributed by atoms with Gasteiger partial charge in [-0.1, -0.05) is 0 Å². The van der Waals surface area contributed by atoms with Gasteiger partial charge in [-0.3, -0.25) is 9.48 Å². The molecule has 0 saturated carbocycles. The number of anilines is 1. The number of carbonyl (C=O) groups excluding carboxylic acids is 1. The Labute approximate surface area is 184 Å². The van der Waals surface area contributed by atoms with Crippen molar-refractivity contribution in [2.75, 3.05) is 12.8 Å². The fourth-order valence-corrected chi connectivity index (χ4v) is 3.78. The largest absolute Gasteiger partial charge is 0.467 e. The molecule has 2 bridgehead atoms. The summed E-state index contributed by atoms with van der Waals surface area (Å²) in [6.45, 7) is 5.67. The number of halogens is 1. The molecule has 9 nitrogen and oxygen atoms in total. The van der Waals surface area contributed by atoms with Crippen LogP contribution >= 0.6 is 0 Å². The molecule has 1 aliphatic heterocycles. The number of aromatic nitrogens is 4. The van der Waals surface area contributed by atoms with E-state index >= 15 is 0 Å². The average molecular weight is 435 g/mol. The molecule has 0 radical (unpaired) electrons. The third-order valence-corrected chi connectivity index (χ3v) is 5.33. The Hall–Kier alpha value is -4.00. The van der Waals surface area contributed by atoms with E-state index in [0.717, 1.165) is 0 Å². The molecule has 0 aliphatic carbocycles. The maximum Gasteiger partial charge on any atom is 0.258 e. The zero-order valence-corrected chi connectivity index (χ0v) is 18.1.